The third-order valence-electron chi connectivity index (χ3n) is 4.77. The van der Waals surface area contributed by atoms with Gasteiger partial charge in [0.15, 0.2) is 0 Å². The highest BCUT2D eigenvalue weighted by Gasteiger charge is 2.49. The standard InChI is InChI=1S/C16H24N6OS2/c1-3-23-9-8-21-6-4-13-16(5-7-21)10-14(19-22(16)11-24-13)18-15-17-12(2)25-20-15/h4,10,19H,3,5-9,11H2,1-2H3,(H,18,20). The summed E-state index contributed by atoms with van der Waals surface area (Å²) in [6.07, 6.45) is 5.76. The van der Waals surface area contributed by atoms with Crippen molar-refractivity contribution in [3.63, 3.8) is 0 Å². The molecule has 2 N–H and O–H groups in total. The highest BCUT2D eigenvalue weighted by atomic mass is 32.2. The summed E-state index contributed by atoms with van der Waals surface area (Å²) in [6.45, 7) is 8.65. The fourth-order valence-corrected chi connectivity index (χ4v) is 5.19. The van der Waals surface area contributed by atoms with E-state index in [2.05, 4.69) is 42.2 Å². The van der Waals surface area contributed by atoms with E-state index in [9.17, 15) is 0 Å². The molecule has 9 heteroatoms. The lowest BCUT2D eigenvalue weighted by Crippen LogP contribution is -2.46. The first-order valence-electron chi connectivity index (χ1n) is 8.67. The van der Waals surface area contributed by atoms with E-state index in [1.54, 1.807) is 0 Å². The average molecular weight is 381 g/mol. The Labute approximate surface area is 156 Å². The summed E-state index contributed by atoms with van der Waals surface area (Å²) in [5.41, 5.74) is 3.46. The number of aromatic nitrogens is 2. The Hall–Kier alpha value is -1.13. The molecule has 3 aliphatic rings. The lowest BCUT2D eigenvalue weighted by molar-refractivity contribution is 0.110. The second kappa shape index (κ2) is 7.24. The smallest absolute Gasteiger partial charge is 0.240 e. The summed E-state index contributed by atoms with van der Waals surface area (Å²) in [7, 11) is 0. The minimum absolute atomic E-state index is 0.0432. The molecule has 0 aromatic carbocycles. The van der Waals surface area contributed by atoms with Gasteiger partial charge in [-0.25, -0.2) is 4.98 Å². The van der Waals surface area contributed by atoms with Crippen LogP contribution in [-0.4, -0.2) is 63.5 Å². The van der Waals surface area contributed by atoms with Gasteiger partial charge in [-0.05, 0) is 37.9 Å². The van der Waals surface area contributed by atoms with Gasteiger partial charge in [-0.3, -0.25) is 4.90 Å². The van der Waals surface area contributed by atoms with Gasteiger partial charge in [0.2, 0.25) is 5.95 Å². The summed E-state index contributed by atoms with van der Waals surface area (Å²) in [4.78, 5) is 8.31. The van der Waals surface area contributed by atoms with Gasteiger partial charge >= 0.3 is 0 Å². The molecule has 4 heterocycles. The number of nitrogens with zero attached hydrogens (tertiary/aromatic N) is 4. The quantitative estimate of drug-likeness (QED) is 0.727. The van der Waals surface area contributed by atoms with E-state index < -0.39 is 0 Å². The first kappa shape index (κ1) is 17.3. The number of hydrazine groups is 1. The number of hydrogen-bond acceptors (Lipinski definition) is 9. The van der Waals surface area contributed by atoms with E-state index in [4.69, 9.17) is 4.74 Å². The van der Waals surface area contributed by atoms with E-state index in [1.807, 2.05) is 25.6 Å². The fourth-order valence-electron chi connectivity index (χ4n) is 3.48. The van der Waals surface area contributed by atoms with E-state index in [0.29, 0.717) is 5.95 Å². The van der Waals surface area contributed by atoms with E-state index >= 15 is 0 Å². The lowest BCUT2D eigenvalue weighted by atomic mass is 9.95. The molecule has 1 spiro atoms. The maximum atomic E-state index is 5.52. The van der Waals surface area contributed by atoms with Gasteiger partial charge in [-0.1, -0.05) is 6.08 Å². The Morgan fingerprint density at radius 2 is 2.40 bits per heavy atom. The van der Waals surface area contributed by atoms with E-state index in [0.717, 1.165) is 56.0 Å². The topological polar surface area (TPSA) is 65.6 Å². The summed E-state index contributed by atoms with van der Waals surface area (Å²) in [5, 5.41) is 6.62. The van der Waals surface area contributed by atoms with Crippen molar-refractivity contribution in [2.75, 3.05) is 44.0 Å². The van der Waals surface area contributed by atoms with Crippen molar-refractivity contribution in [3.8, 4) is 0 Å². The average Bonchev–Trinajstić information content (AvgIpc) is 3.21. The van der Waals surface area contributed by atoms with Crippen molar-refractivity contribution in [2.24, 2.45) is 0 Å². The molecule has 7 nitrogen and oxygen atoms in total. The molecular weight excluding hydrogens is 356 g/mol. The van der Waals surface area contributed by atoms with Crippen LogP contribution in [0.1, 0.15) is 18.4 Å². The lowest BCUT2D eigenvalue weighted by Gasteiger charge is -2.30. The van der Waals surface area contributed by atoms with Crippen LogP contribution in [0.4, 0.5) is 5.95 Å². The van der Waals surface area contributed by atoms with Crippen LogP contribution in [0.15, 0.2) is 22.9 Å². The molecule has 1 atom stereocenters. The third kappa shape index (κ3) is 3.43. The van der Waals surface area contributed by atoms with E-state index in [1.165, 1.54) is 16.4 Å². The summed E-state index contributed by atoms with van der Waals surface area (Å²) in [6, 6.07) is 0. The molecule has 1 fully saturated rings. The largest absolute Gasteiger partial charge is 0.380 e. The molecule has 1 unspecified atom stereocenters. The zero-order valence-electron chi connectivity index (χ0n) is 14.6. The van der Waals surface area contributed by atoms with Crippen LogP contribution in [0.2, 0.25) is 0 Å². The Morgan fingerprint density at radius 3 is 3.20 bits per heavy atom. The van der Waals surface area contributed by atoms with Gasteiger partial charge in [-0.2, -0.15) is 9.38 Å². The molecule has 0 bridgehead atoms. The van der Waals surface area contributed by atoms with Crippen LogP contribution in [0.5, 0.6) is 0 Å². The van der Waals surface area contributed by atoms with Crippen molar-refractivity contribution < 1.29 is 4.74 Å². The van der Waals surface area contributed by atoms with Crippen LogP contribution in [0.3, 0.4) is 0 Å². The zero-order chi connectivity index (χ0) is 17.3. The predicted octanol–water partition coefficient (Wildman–Crippen LogP) is 1.99. The van der Waals surface area contributed by atoms with Gasteiger partial charge in [0.1, 0.15) is 10.8 Å². The van der Waals surface area contributed by atoms with Crippen molar-refractivity contribution in [1.82, 2.24) is 24.7 Å². The van der Waals surface area contributed by atoms with Crippen LogP contribution in [0, 0.1) is 6.92 Å². The van der Waals surface area contributed by atoms with Crippen LogP contribution >= 0.6 is 23.3 Å². The number of ether oxygens (including phenoxy) is 1. The van der Waals surface area contributed by atoms with Crippen molar-refractivity contribution in [2.45, 2.75) is 25.8 Å². The number of aryl methyl sites for hydroxylation is 1. The molecule has 0 saturated carbocycles. The van der Waals surface area contributed by atoms with Gasteiger partial charge < -0.3 is 15.5 Å². The van der Waals surface area contributed by atoms with Crippen LogP contribution < -0.4 is 10.7 Å². The van der Waals surface area contributed by atoms with E-state index in [-0.39, 0.29) is 5.54 Å². The normalized spacial score (nSPS) is 26.5. The predicted molar refractivity (Wildman–Crippen MR) is 102 cm³/mol. The highest BCUT2D eigenvalue weighted by molar-refractivity contribution is 8.03. The first-order valence-corrected chi connectivity index (χ1v) is 10.4. The van der Waals surface area contributed by atoms with Gasteiger partial charge in [0.25, 0.3) is 0 Å². The molecular formula is C16H24N6OS2. The minimum Gasteiger partial charge on any atom is -0.380 e. The highest BCUT2D eigenvalue weighted by Crippen LogP contribution is 2.48. The second-order valence-electron chi connectivity index (χ2n) is 6.37. The van der Waals surface area contributed by atoms with Gasteiger partial charge in [0.05, 0.1) is 18.0 Å². The third-order valence-corrected chi connectivity index (χ3v) is 6.61. The Kier molecular flexibility index (Phi) is 5.01. The summed E-state index contributed by atoms with van der Waals surface area (Å²) >= 11 is 3.35. The monoisotopic (exact) mass is 380 g/mol. The summed E-state index contributed by atoms with van der Waals surface area (Å²) in [5.74, 6) is 2.60. The summed E-state index contributed by atoms with van der Waals surface area (Å²) < 4.78 is 9.84. The molecule has 0 radical (unpaired) electrons. The fraction of sp³-hybridized carbons (Fsp3) is 0.625. The molecule has 1 aromatic rings. The molecule has 1 saturated heterocycles. The number of thioether (sulfide) groups is 1. The van der Waals surface area contributed by atoms with Crippen molar-refractivity contribution >= 4 is 29.2 Å². The number of nitrogens with one attached hydrogen (secondary N) is 2. The first-order chi connectivity index (χ1) is 12.2. The molecule has 4 rings (SSSR count). The van der Waals surface area contributed by atoms with Crippen LogP contribution in [0.25, 0.3) is 0 Å². The molecule has 25 heavy (non-hydrogen) atoms. The maximum Gasteiger partial charge on any atom is 0.240 e. The zero-order valence-corrected chi connectivity index (χ0v) is 16.3. The van der Waals surface area contributed by atoms with Crippen LogP contribution in [-0.2, 0) is 4.74 Å². The maximum absolute atomic E-state index is 5.52. The number of anilines is 1. The minimum atomic E-state index is -0.0432. The Morgan fingerprint density at radius 1 is 1.48 bits per heavy atom. The van der Waals surface area contributed by atoms with Crippen molar-refractivity contribution in [1.29, 1.82) is 0 Å². The van der Waals surface area contributed by atoms with Gasteiger partial charge in [0, 0.05) is 31.1 Å². The second-order valence-corrected chi connectivity index (χ2v) is 8.32. The Balaban J connectivity index is 1.48. The van der Waals surface area contributed by atoms with Crippen molar-refractivity contribution in [3.05, 3.63) is 27.9 Å². The SMILES string of the molecule is CCOCCN1CC=C2SCN3NC(Nc4nsc(C)n4)=CC23CC1. The number of hydrogen-bond donors (Lipinski definition) is 2. The Bertz CT molecular complexity index is 690. The number of rotatable bonds is 6. The molecule has 136 valence electrons. The van der Waals surface area contributed by atoms with Gasteiger partial charge in [-0.15, -0.1) is 11.8 Å². The molecule has 0 amide bonds. The molecule has 1 aromatic heterocycles. The molecule has 3 aliphatic heterocycles. The molecule has 0 aliphatic carbocycles.